The number of benzene rings is 2. The Hall–Kier alpha value is -1.65. The minimum Gasteiger partial charge on any atom is -0.325 e. The molecule has 0 aliphatic heterocycles. The van der Waals surface area contributed by atoms with Crippen molar-refractivity contribution >= 4 is 44.9 Å². The standard InChI is InChI=1S/C20H19BrClNO2/c21-14-10-11-18(23-20(25)13-6-2-1-3-7-13)16(12-14)19(24)15-8-4-5-9-17(15)22/h4-5,8-13H,1-3,6-7H2,(H,23,25). The number of carbonyl (C=O) groups excluding carboxylic acids is 2. The molecule has 0 bridgehead atoms. The molecule has 1 aliphatic rings. The Morgan fingerprint density at radius 3 is 2.44 bits per heavy atom. The van der Waals surface area contributed by atoms with Crippen molar-refractivity contribution in [1.82, 2.24) is 0 Å². The summed E-state index contributed by atoms with van der Waals surface area (Å²) in [4.78, 5) is 25.5. The van der Waals surface area contributed by atoms with Gasteiger partial charge in [-0.25, -0.2) is 0 Å². The van der Waals surface area contributed by atoms with Crippen molar-refractivity contribution in [3.05, 3.63) is 63.1 Å². The zero-order valence-corrected chi connectivity index (χ0v) is 16.1. The molecule has 0 heterocycles. The highest BCUT2D eigenvalue weighted by Crippen LogP contribution is 2.29. The summed E-state index contributed by atoms with van der Waals surface area (Å²) in [6.45, 7) is 0. The van der Waals surface area contributed by atoms with Crippen LogP contribution in [-0.2, 0) is 4.79 Å². The molecular formula is C20H19BrClNO2. The Morgan fingerprint density at radius 1 is 1.00 bits per heavy atom. The summed E-state index contributed by atoms with van der Waals surface area (Å²) in [6, 6.07) is 12.2. The van der Waals surface area contributed by atoms with Crippen LogP contribution in [-0.4, -0.2) is 11.7 Å². The molecule has 130 valence electrons. The molecule has 3 rings (SSSR count). The average molecular weight is 421 g/mol. The summed E-state index contributed by atoms with van der Waals surface area (Å²) in [5, 5.41) is 3.35. The van der Waals surface area contributed by atoms with Crippen LogP contribution in [0.1, 0.15) is 48.0 Å². The fourth-order valence-corrected chi connectivity index (χ4v) is 3.79. The van der Waals surface area contributed by atoms with Crippen molar-refractivity contribution in [2.24, 2.45) is 5.92 Å². The van der Waals surface area contributed by atoms with E-state index in [0.717, 1.165) is 30.2 Å². The molecule has 2 aromatic carbocycles. The molecular weight excluding hydrogens is 402 g/mol. The van der Waals surface area contributed by atoms with E-state index in [1.54, 1.807) is 36.4 Å². The van der Waals surface area contributed by atoms with Gasteiger partial charge in [0.25, 0.3) is 0 Å². The largest absolute Gasteiger partial charge is 0.325 e. The molecule has 0 saturated heterocycles. The summed E-state index contributed by atoms with van der Waals surface area (Å²) in [6.07, 6.45) is 5.19. The first-order valence-electron chi connectivity index (χ1n) is 8.46. The van der Waals surface area contributed by atoms with Crippen LogP contribution in [0.4, 0.5) is 5.69 Å². The van der Waals surface area contributed by atoms with Crippen molar-refractivity contribution < 1.29 is 9.59 Å². The minimum atomic E-state index is -0.203. The van der Waals surface area contributed by atoms with Crippen LogP contribution in [0.2, 0.25) is 5.02 Å². The summed E-state index contributed by atoms with van der Waals surface area (Å²) < 4.78 is 0.776. The number of rotatable bonds is 4. The Morgan fingerprint density at radius 2 is 1.72 bits per heavy atom. The topological polar surface area (TPSA) is 46.2 Å². The summed E-state index contributed by atoms with van der Waals surface area (Å²) in [5.41, 5.74) is 1.39. The Kier molecular flexibility index (Phi) is 5.92. The van der Waals surface area contributed by atoms with Gasteiger partial charge in [-0.05, 0) is 43.2 Å². The van der Waals surface area contributed by atoms with E-state index < -0.39 is 0 Å². The lowest BCUT2D eigenvalue weighted by Gasteiger charge is -2.21. The SMILES string of the molecule is O=C(c1ccccc1Cl)c1cc(Br)ccc1NC(=O)C1CCCCC1. The van der Waals surface area contributed by atoms with E-state index in [9.17, 15) is 9.59 Å². The zero-order valence-electron chi connectivity index (χ0n) is 13.7. The first kappa shape index (κ1) is 18.2. The molecule has 1 N–H and O–H groups in total. The molecule has 1 fully saturated rings. The quantitative estimate of drug-likeness (QED) is 0.630. The third-order valence-corrected chi connectivity index (χ3v) is 5.40. The maximum atomic E-state index is 12.9. The van der Waals surface area contributed by atoms with E-state index >= 15 is 0 Å². The number of carbonyl (C=O) groups is 2. The van der Waals surface area contributed by atoms with Gasteiger partial charge in [0.05, 0.1) is 10.7 Å². The van der Waals surface area contributed by atoms with Gasteiger partial charge in [0.2, 0.25) is 5.91 Å². The number of hydrogen-bond donors (Lipinski definition) is 1. The summed E-state index contributed by atoms with van der Waals surface area (Å²) in [7, 11) is 0. The van der Waals surface area contributed by atoms with Crippen molar-refractivity contribution in [2.75, 3.05) is 5.32 Å². The second-order valence-electron chi connectivity index (χ2n) is 6.32. The van der Waals surface area contributed by atoms with Gasteiger partial charge in [-0.1, -0.05) is 58.9 Å². The normalized spacial score (nSPS) is 15.0. The van der Waals surface area contributed by atoms with Gasteiger partial charge in [0, 0.05) is 21.5 Å². The number of nitrogens with one attached hydrogen (secondary N) is 1. The Bertz CT molecular complexity index is 800. The predicted molar refractivity (Wildman–Crippen MR) is 104 cm³/mol. The van der Waals surface area contributed by atoms with Crippen LogP contribution < -0.4 is 5.32 Å². The summed E-state index contributed by atoms with van der Waals surface area (Å²) >= 11 is 9.57. The van der Waals surface area contributed by atoms with E-state index in [2.05, 4.69) is 21.2 Å². The second-order valence-corrected chi connectivity index (χ2v) is 7.65. The van der Waals surface area contributed by atoms with Crippen molar-refractivity contribution in [1.29, 1.82) is 0 Å². The van der Waals surface area contributed by atoms with Gasteiger partial charge in [0.15, 0.2) is 5.78 Å². The van der Waals surface area contributed by atoms with Gasteiger partial charge in [-0.15, -0.1) is 0 Å². The minimum absolute atomic E-state index is 0.00442. The van der Waals surface area contributed by atoms with Crippen molar-refractivity contribution in [2.45, 2.75) is 32.1 Å². The third kappa shape index (κ3) is 4.31. The molecule has 1 amide bonds. The molecule has 0 unspecified atom stereocenters. The van der Waals surface area contributed by atoms with E-state index in [1.165, 1.54) is 6.42 Å². The second kappa shape index (κ2) is 8.15. The van der Waals surface area contributed by atoms with Crippen LogP contribution >= 0.6 is 27.5 Å². The van der Waals surface area contributed by atoms with Crippen LogP contribution in [0.15, 0.2) is 46.9 Å². The number of halogens is 2. The maximum Gasteiger partial charge on any atom is 0.227 e. The number of anilines is 1. The van der Waals surface area contributed by atoms with Crippen LogP contribution in [0.25, 0.3) is 0 Å². The fourth-order valence-electron chi connectivity index (χ4n) is 3.20. The first-order valence-corrected chi connectivity index (χ1v) is 9.63. The lowest BCUT2D eigenvalue weighted by molar-refractivity contribution is -0.120. The fraction of sp³-hybridized carbons (Fsp3) is 0.300. The number of hydrogen-bond acceptors (Lipinski definition) is 2. The monoisotopic (exact) mass is 419 g/mol. The highest BCUT2D eigenvalue weighted by atomic mass is 79.9. The lowest BCUT2D eigenvalue weighted by atomic mass is 9.88. The van der Waals surface area contributed by atoms with E-state index in [-0.39, 0.29) is 17.6 Å². The molecule has 1 aliphatic carbocycles. The first-order chi connectivity index (χ1) is 12.1. The zero-order chi connectivity index (χ0) is 17.8. The molecule has 0 atom stereocenters. The van der Waals surface area contributed by atoms with Gasteiger partial charge < -0.3 is 5.32 Å². The average Bonchev–Trinajstić information content (AvgIpc) is 2.63. The van der Waals surface area contributed by atoms with Gasteiger partial charge in [-0.3, -0.25) is 9.59 Å². The van der Waals surface area contributed by atoms with E-state index in [0.29, 0.717) is 21.8 Å². The third-order valence-electron chi connectivity index (χ3n) is 4.58. The van der Waals surface area contributed by atoms with E-state index in [4.69, 9.17) is 11.6 Å². The van der Waals surface area contributed by atoms with Crippen LogP contribution in [0.5, 0.6) is 0 Å². The van der Waals surface area contributed by atoms with Crippen molar-refractivity contribution in [3.63, 3.8) is 0 Å². The molecule has 0 aromatic heterocycles. The highest BCUT2D eigenvalue weighted by Gasteiger charge is 2.23. The van der Waals surface area contributed by atoms with Crippen LogP contribution in [0.3, 0.4) is 0 Å². The smallest absolute Gasteiger partial charge is 0.227 e. The molecule has 2 aromatic rings. The van der Waals surface area contributed by atoms with Gasteiger partial charge in [0.1, 0.15) is 0 Å². The molecule has 1 saturated carbocycles. The molecule has 25 heavy (non-hydrogen) atoms. The number of amides is 1. The Labute approximate surface area is 160 Å². The van der Waals surface area contributed by atoms with E-state index in [1.807, 2.05) is 6.07 Å². The van der Waals surface area contributed by atoms with Crippen molar-refractivity contribution in [3.8, 4) is 0 Å². The Balaban J connectivity index is 1.89. The summed E-state index contributed by atoms with van der Waals surface area (Å²) in [5.74, 6) is -0.179. The molecule has 0 radical (unpaired) electrons. The highest BCUT2D eigenvalue weighted by molar-refractivity contribution is 9.10. The van der Waals surface area contributed by atoms with Crippen LogP contribution in [0, 0.1) is 5.92 Å². The maximum absolute atomic E-state index is 12.9. The van der Waals surface area contributed by atoms with Gasteiger partial charge in [-0.2, -0.15) is 0 Å². The molecule has 3 nitrogen and oxygen atoms in total. The predicted octanol–water partition coefficient (Wildman–Crippen LogP) is 5.85. The number of ketones is 1. The molecule has 5 heteroatoms. The molecule has 0 spiro atoms. The lowest BCUT2D eigenvalue weighted by Crippen LogP contribution is -2.25. The van der Waals surface area contributed by atoms with Gasteiger partial charge >= 0.3 is 0 Å².